The number of anilines is 1. The Morgan fingerprint density at radius 1 is 1.19 bits per heavy atom. The number of urea groups is 1. The molecule has 1 unspecified atom stereocenters. The number of halogens is 2. The van der Waals surface area contributed by atoms with Crippen LogP contribution in [0.2, 0.25) is 0 Å². The summed E-state index contributed by atoms with van der Waals surface area (Å²) < 4.78 is 32.8. The number of benzene rings is 1. The van der Waals surface area contributed by atoms with E-state index in [0.29, 0.717) is 50.6 Å². The Morgan fingerprint density at radius 3 is 2.74 bits per heavy atom. The molecule has 1 fully saturated rings. The lowest BCUT2D eigenvalue weighted by molar-refractivity contribution is 0.0867. The van der Waals surface area contributed by atoms with Crippen LogP contribution < -0.4 is 10.1 Å². The van der Waals surface area contributed by atoms with Gasteiger partial charge in [-0.05, 0) is 18.2 Å². The smallest absolute Gasteiger partial charge is 0.323 e. The van der Waals surface area contributed by atoms with Crippen molar-refractivity contribution in [2.75, 3.05) is 38.1 Å². The minimum atomic E-state index is -0.931. The van der Waals surface area contributed by atoms with Crippen LogP contribution >= 0.6 is 0 Å². The van der Waals surface area contributed by atoms with Gasteiger partial charge in [-0.15, -0.1) is 5.10 Å². The lowest BCUT2D eigenvalue weighted by Crippen LogP contribution is -2.51. The molecule has 0 spiro atoms. The summed E-state index contributed by atoms with van der Waals surface area (Å²) in [5.74, 6) is -1.42. The highest BCUT2D eigenvalue weighted by molar-refractivity contribution is 5.88. The van der Waals surface area contributed by atoms with Gasteiger partial charge >= 0.3 is 6.03 Å². The third-order valence-corrected chi connectivity index (χ3v) is 4.93. The highest BCUT2D eigenvalue weighted by Crippen LogP contribution is 2.38. The van der Waals surface area contributed by atoms with E-state index >= 15 is 0 Å². The van der Waals surface area contributed by atoms with Crippen molar-refractivity contribution < 1.29 is 18.3 Å². The van der Waals surface area contributed by atoms with E-state index in [1.807, 2.05) is 0 Å². The first kappa shape index (κ1) is 17.6. The number of piperazine rings is 1. The Labute approximate surface area is 154 Å². The number of nitrogens with zero attached hydrogens (tertiary/aromatic N) is 4. The van der Waals surface area contributed by atoms with Gasteiger partial charge in [-0.2, -0.15) is 9.49 Å². The van der Waals surface area contributed by atoms with Crippen LogP contribution in [0.4, 0.5) is 19.4 Å². The van der Waals surface area contributed by atoms with E-state index in [2.05, 4.69) is 20.4 Å². The second-order valence-corrected chi connectivity index (χ2v) is 6.49. The number of hydrogen-bond acceptors (Lipinski definition) is 5. The molecule has 2 aliphatic rings. The summed E-state index contributed by atoms with van der Waals surface area (Å²) >= 11 is 0. The average Bonchev–Trinajstić information content (AvgIpc) is 2.71. The zero-order valence-corrected chi connectivity index (χ0v) is 14.6. The maximum atomic E-state index is 14.0. The Hall–Kier alpha value is -2.81. The molecule has 27 heavy (non-hydrogen) atoms. The van der Waals surface area contributed by atoms with Crippen molar-refractivity contribution in [3.8, 4) is 5.75 Å². The summed E-state index contributed by atoms with van der Waals surface area (Å²) in [6, 6.07) is 5.83. The van der Waals surface area contributed by atoms with Crippen LogP contribution in [0.25, 0.3) is 0 Å². The van der Waals surface area contributed by atoms with Gasteiger partial charge in [-0.25, -0.2) is 9.18 Å². The predicted molar refractivity (Wildman–Crippen MR) is 93.4 cm³/mol. The molecule has 1 N–H and O–H groups in total. The van der Waals surface area contributed by atoms with Gasteiger partial charge in [0.15, 0.2) is 17.4 Å². The third-order valence-electron chi connectivity index (χ3n) is 4.93. The molecule has 2 amide bonds. The maximum Gasteiger partial charge on any atom is 0.323 e. The van der Waals surface area contributed by atoms with Crippen molar-refractivity contribution >= 4 is 11.8 Å². The molecule has 2 aliphatic heterocycles. The summed E-state index contributed by atoms with van der Waals surface area (Å²) in [6.45, 7) is 2.67. The normalized spacial score (nSPS) is 19.9. The fourth-order valence-electron chi connectivity index (χ4n) is 3.56. The van der Waals surface area contributed by atoms with Gasteiger partial charge in [-0.1, -0.05) is 6.07 Å². The van der Waals surface area contributed by atoms with Crippen LogP contribution in [-0.2, 0) is 0 Å². The highest BCUT2D eigenvalue weighted by atomic mass is 19.2. The molecule has 2 aromatic rings. The predicted octanol–water partition coefficient (Wildman–Crippen LogP) is 2.43. The van der Waals surface area contributed by atoms with E-state index in [1.54, 1.807) is 23.1 Å². The molecule has 1 atom stereocenters. The van der Waals surface area contributed by atoms with Crippen molar-refractivity contribution in [2.45, 2.75) is 12.5 Å². The number of carbonyl (C=O) groups excluding carboxylic acids is 1. The molecule has 1 aromatic carbocycles. The number of carbonyl (C=O) groups is 1. The van der Waals surface area contributed by atoms with E-state index in [1.165, 1.54) is 6.20 Å². The minimum absolute atomic E-state index is 0.00840. The summed E-state index contributed by atoms with van der Waals surface area (Å²) in [7, 11) is 0. The van der Waals surface area contributed by atoms with E-state index < -0.39 is 11.6 Å². The van der Waals surface area contributed by atoms with Crippen LogP contribution in [0.1, 0.15) is 18.0 Å². The number of nitrogens with one attached hydrogen (secondary N) is 1. The Kier molecular flexibility index (Phi) is 4.85. The maximum absolute atomic E-state index is 14.0. The van der Waals surface area contributed by atoms with Crippen LogP contribution in [0.15, 0.2) is 30.5 Å². The average molecular weight is 375 g/mol. The van der Waals surface area contributed by atoms with Gasteiger partial charge in [0.05, 0.1) is 6.61 Å². The molecule has 0 aliphatic carbocycles. The standard InChI is InChI=1S/C18H19F2N5O2/c19-13-4-3-12-14(5-11-27-17(12)16(13)20)24-7-9-25(10-8-24)18(26)22-15-2-1-6-21-23-15/h1-4,6,14H,5,7-11H2,(H,22,23,26). The first-order valence-corrected chi connectivity index (χ1v) is 8.82. The first-order valence-electron chi connectivity index (χ1n) is 8.82. The molecule has 1 saturated heterocycles. The lowest BCUT2D eigenvalue weighted by Gasteiger charge is -2.41. The number of amides is 2. The van der Waals surface area contributed by atoms with Gasteiger partial charge < -0.3 is 9.64 Å². The monoisotopic (exact) mass is 375 g/mol. The largest absolute Gasteiger partial charge is 0.490 e. The molecule has 0 bridgehead atoms. The lowest BCUT2D eigenvalue weighted by atomic mass is 9.97. The zero-order chi connectivity index (χ0) is 18.8. The van der Waals surface area contributed by atoms with Gasteiger partial charge in [-0.3, -0.25) is 10.2 Å². The molecule has 0 saturated carbocycles. The summed E-state index contributed by atoms with van der Waals surface area (Å²) in [5.41, 5.74) is 0.664. The van der Waals surface area contributed by atoms with E-state index in [-0.39, 0.29) is 17.8 Å². The fraction of sp³-hybridized carbons (Fsp3) is 0.389. The molecular weight excluding hydrogens is 356 g/mol. The molecule has 3 heterocycles. The molecule has 7 nitrogen and oxygen atoms in total. The second-order valence-electron chi connectivity index (χ2n) is 6.49. The quantitative estimate of drug-likeness (QED) is 0.873. The van der Waals surface area contributed by atoms with Crippen molar-refractivity contribution in [1.82, 2.24) is 20.0 Å². The van der Waals surface area contributed by atoms with Crippen molar-refractivity contribution in [3.63, 3.8) is 0 Å². The molecule has 9 heteroatoms. The van der Waals surface area contributed by atoms with Gasteiger partial charge in [0, 0.05) is 50.4 Å². The number of rotatable bonds is 2. The molecular formula is C18H19F2N5O2. The first-order chi connectivity index (χ1) is 13.1. The van der Waals surface area contributed by atoms with Crippen LogP contribution in [0.3, 0.4) is 0 Å². The highest BCUT2D eigenvalue weighted by Gasteiger charge is 2.32. The minimum Gasteiger partial charge on any atom is -0.490 e. The summed E-state index contributed by atoms with van der Waals surface area (Å²) in [6.07, 6.45) is 2.23. The third kappa shape index (κ3) is 3.55. The Bertz CT molecular complexity index is 828. The van der Waals surface area contributed by atoms with E-state index in [0.717, 1.165) is 6.07 Å². The second kappa shape index (κ2) is 7.43. The zero-order valence-electron chi connectivity index (χ0n) is 14.6. The van der Waals surface area contributed by atoms with Crippen LogP contribution in [0, 0.1) is 11.6 Å². The molecule has 4 rings (SSSR count). The molecule has 1 aromatic heterocycles. The topological polar surface area (TPSA) is 70.6 Å². The van der Waals surface area contributed by atoms with E-state index in [9.17, 15) is 13.6 Å². The fourth-order valence-corrected chi connectivity index (χ4v) is 3.56. The SMILES string of the molecule is O=C(Nc1cccnn1)N1CCN(C2CCOc3c2ccc(F)c3F)CC1. The number of fused-ring (bicyclic) bond motifs is 1. The number of hydrogen-bond donors (Lipinski definition) is 1. The van der Waals surface area contributed by atoms with Crippen molar-refractivity contribution in [3.05, 3.63) is 47.7 Å². The van der Waals surface area contributed by atoms with Crippen LogP contribution in [-0.4, -0.2) is 58.8 Å². The number of aromatic nitrogens is 2. The van der Waals surface area contributed by atoms with Crippen molar-refractivity contribution in [2.24, 2.45) is 0 Å². The van der Waals surface area contributed by atoms with Crippen molar-refractivity contribution in [1.29, 1.82) is 0 Å². The van der Waals surface area contributed by atoms with Gasteiger partial charge in [0.2, 0.25) is 5.82 Å². The summed E-state index contributed by atoms with van der Waals surface area (Å²) in [4.78, 5) is 16.2. The Balaban J connectivity index is 1.40. The van der Waals surface area contributed by atoms with Crippen LogP contribution in [0.5, 0.6) is 5.75 Å². The summed E-state index contributed by atoms with van der Waals surface area (Å²) in [5, 5.41) is 10.3. The van der Waals surface area contributed by atoms with Gasteiger partial charge in [0.1, 0.15) is 0 Å². The van der Waals surface area contributed by atoms with E-state index in [4.69, 9.17) is 4.74 Å². The molecule has 142 valence electrons. The van der Waals surface area contributed by atoms with Gasteiger partial charge in [0.25, 0.3) is 0 Å². The molecule has 0 radical (unpaired) electrons. The number of ether oxygens (including phenoxy) is 1. The Morgan fingerprint density at radius 2 is 2.00 bits per heavy atom.